The van der Waals surface area contributed by atoms with Crippen molar-refractivity contribution in [2.24, 2.45) is 11.8 Å². The molecule has 0 aromatic carbocycles. The van der Waals surface area contributed by atoms with Crippen LogP contribution in [-0.4, -0.2) is 16.5 Å². The number of nitrogens with zero attached hydrogens (tertiary/aromatic N) is 1. The highest BCUT2D eigenvalue weighted by molar-refractivity contribution is 5.31. The van der Waals surface area contributed by atoms with Gasteiger partial charge in [0.05, 0.1) is 17.6 Å². The molecule has 2 fully saturated rings. The Morgan fingerprint density at radius 1 is 1.31 bits per heavy atom. The standard InChI is InChI=1S/C13H19N3/c1-2-4-10-9(3-1)7-13(10)12-11(5-6-16-13)14-8-15-12/h8-10,16H,1-7H2,(H,14,15)/t9-,10-,13?/m1/s1. The predicted octanol–water partition coefficient (Wildman–Crippen LogP) is 1.96. The van der Waals surface area contributed by atoms with Crippen LogP contribution < -0.4 is 5.32 Å². The highest BCUT2D eigenvalue weighted by Crippen LogP contribution is 2.57. The maximum absolute atomic E-state index is 4.61. The Kier molecular flexibility index (Phi) is 1.79. The number of nitrogens with one attached hydrogen (secondary N) is 2. The molecule has 1 aromatic heterocycles. The fraction of sp³-hybridized carbons (Fsp3) is 0.769. The molecule has 2 N–H and O–H groups in total. The first-order valence-electron chi connectivity index (χ1n) is 6.68. The van der Waals surface area contributed by atoms with Crippen LogP contribution in [0, 0.1) is 11.8 Å². The van der Waals surface area contributed by atoms with E-state index < -0.39 is 0 Å². The first kappa shape index (κ1) is 9.23. The summed E-state index contributed by atoms with van der Waals surface area (Å²) in [5, 5.41) is 3.79. The average Bonchev–Trinajstić information content (AvgIpc) is 2.76. The normalized spacial score (nSPS) is 41.2. The maximum atomic E-state index is 4.61. The fourth-order valence-corrected chi connectivity index (χ4v) is 4.37. The van der Waals surface area contributed by atoms with Crippen LogP contribution in [0.2, 0.25) is 0 Å². The number of aromatic nitrogens is 2. The van der Waals surface area contributed by atoms with Gasteiger partial charge >= 0.3 is 0 Å². The third-order valence-corrected chi connectivity index (χ3v) is 5.08. The van der Waals surface area contributed by atoms with E-state index in [-0.39, 0.29) is 5.54 Å². The first-order chi connectivity index (χ1) is 7.90. The van der Waals surface area contributed by atoms with E-state index in [1.165, 1.54) is 43.5 Å². The zero-order chi connectivity index (χ0) is 10.6. The van der Waals surface area contributed by atoms with Crippen LogP contribution >= 0.6 is 0 Å². The van der Waals surface area contributed by atoms with E-state index in [0.29, 0.717) is 0 Å². The second-order valence-electron chi connectivity index (χ2n) is 5.73. The molecule has 3 nitrogen and oxygen atoms in total. The zero-order valence-corrected chi connectivity index (χ0v) is 9.63. The quantitative estimate of drug-likeness (QED) is 0.697. The molecule has 0 saturated heterocycles. The lowest BCUT2D eigenvalue weighted by Gasteiger charge is -2.58. The molecule has 4 rings (SSSR count). The van der Waals surface area contributed by atoms with Gasteiger partial charge < -0.3 is 10.3 Å². The molecule has 1 spiro atoms. The number of hydrogen-bond acceptors (Lipinski definition) is 2. The number of H-pyrrole nitrogens is 1. The lowest BCUT2D eigenvalue weighted by Crippen LogP contribution is -2.63. The molecule has 2 saturated carbocycles. The van der Waals surface area contributed by atoms with E-state index >= 15 is 0 Å². The van der Waals surface area contributed by atoms with Crippen molar-refractivity contribution < 1.29 is 0 Å². The third-order valence-electron chi connectivity index (χ3n) is 5.08. The molecule has 86 valence electrons. The van der Waals surface area contributed by atoms with Crippen molar-refractivity contribution in [3.05, 3.63) is 17.7 Å². The first-order valence-corrected chi connectivity index (χ1v) is 6.68. The van der Waals surface area contributed by atoms with E-state index in [4.69, 9.17) is 0 Å². The van der Waals surface area contributed by atoms with E-state index in [2.05, 4.69) is 15.3 Å². The van der Waals surface area contributed by atoms with Gasteiger partial charge in [-0.2, -0.15) is 0 Å². The largest absolute Gasteiger partial charge is 0.348 e. The maximum Gasteiger partial charge on any atom is 0.0926 e. The van der Waals surface area contributed by atoms with Crippen molar-refractivity contribution in [1.82, 2.24) is 15.3 Å². The van der Waals surface area contributed by atoms with E-state index in [0.717, 1.165) is 24.8 Å². The Morgan fingerprint density at radius 2 is 2.25 bits per heavy atom. The second kappa shape index (κ2) is 3.10. The monoisotopic (exact) mass is 217 g/mol. The van der Waals surface area contributed by atoms with Crippen LogP contribution in [0.15, 0.2) is 6.33 Å². The van der Waals surface area contributed by atoms with Gasteiger partial charge in [0.25, 0.3) is 0 Å². The van der Waals surface area contributed by atoms with Crippen LogP contribution in [0.25, 0.3) is 0 Å². The van der Waals surface area contributed by atoms with Crippen molar-refractivity contribution >= 4 is 0 Å². The fourth-order valence-electron chi connectivity index (χ4n) is 4.37. The minimum Gasteiger partial charge on any atom is -0.348 e. The molecule has 0 radical (unpaired) electrons. The van der Waals surface area contributed by atoms with Gasteiger partial charge in [-0.15, -0.1) is 0 Å². The van der Waals surface area contributed by atoms with E-state index in [1.807, 2.05) is 6.33 Å². The van der Waals surface area contributed by atoms with Gasteiger partial charge in [0.15, 0.2) is 0 Å². The van der Waals surface area contributed by atoms with Crippen molar-refractivity contribution in [2.75, 3.05) is 6.54 Å². The molecule has 3 heteroatoms. The van der Waals surface area contributed by atoms with Gasteiger partial charge in [-0.3, -0.25) is 0 Å². The molecule has 3 atom stereocenters. The SMILES string of the molecule is c1nc2c([nH]1)CCNC21C[C@H]2CCCC[C@H]21. The number of rotatable bonds is 0. The number of imidazole rings is 1. The van der Waals surface area contributed by atoms with Crippen LogP contribution in [0.3, 0.4) is 0 Å². The van der Waals surface area contributed by atoms with Crippen LogP contribution in [0.4, 0.5) is 0 Å². The van der Waals surface area contributed by atoms with Gasteiger partial charge in [0.1, 0.15) is 0 Å². The topological polar surface area (TPSA) is 40.7 Å². The van der Waals surface area contributed by atoms with Crippen LogP contribution in [0.5, 0.6) is 0 Å². The molecule has 1 aromatic rings. The van der Waals surface area contributed by atoms with Gasteiger partial charge in [0.2, 0.25) is 0 Å². The Labute approximate surface area is 96.0 Å². The number of fused-ring (bicyclic) bond motifs is 4. The van der Waals surface area contributed by atoms with Crippen LogP contribution in [-0.2, 0) is 12.0 Å². The summed E-state index contributed by atoms with van der Waals surface area (Å²) in [5.74, 6) is 1.84. The Bertz CT molecular complexity index is 411. The molecule has 16 heavy (non-hydrogen) atoms. The highest BCUT2D eigenvalue weighted by Gasteiger charge is 2.57. The van der Waals surface area contributed by atoms with Crippen molar-refractivity contribution in [1.29, 1.82) is 0 Å². The molecule has 0 bridgehead atoms. The molecule has 3 aliphatic rings. The minimum atomic E-state index is 0.263. The van der Waals surface area contributed by atoms with Gasteiger partial charge in [-0.05, 0) is 24.7 Å². The Morgan fingerprint density at radius 3 is 3.19 bits per heavy atom. The number of hydrogen-bond donors (Lipinski definition) is 2. The molecule has 1 aliphatic heterocycles. The minimum absolute atomic E-state index is 0.263. The zero-order valence-electron chi connectivity index (χ0n) is 9.63. The van der Waals surface area contributed by atoms with Gasteiger partial charge in [-0.25, -0.2) is 4.98 Å². The second-order valence-corrected chi connectivity index (χ2v) is 5.73. The summed E-state index contributed by atoms with van der Waals surface area (Å²) in [4.78, 5) is 7.93. The lowest BCUT2D eigenvalue weighted by molar-refractivity contribution is -0.0374. The summed E-state index contributed by atoms with van der Waals surface area (Å²) in [6, 6.07) is 0. The Balaban J connectivity index is 1.74. The molecule has 1 unspecified atom stereocenters. The summed E-state index contributed by atoms with van der Waals surface area (Å²) < 4.78 is 0. The van der Waals surface area contributed by atoms with E-state index in [9.17, 15) is 0 Å². The molecular formula is C13H19N3. The molecule has 2 aliphatic carbocycles. The third kappa shape index (κ3) is 1.000. The van der Waals surface area contributed by atoms with Gasteiger partial charge in [0, 0.05) is 18.7 Å². The van der Waals surface area contributed by atoms with Gasteiger partial charge in [-0.1, -0.05) is 19.3 Å². The van der Waals surface area contributed by atoms with E-state index in [1.54, 1.807) is 0 Å². The van der Waals surface area contributed by atoms with Crippen molar-refractivity contribution in [2.45, 2.75) is 44.1 Å². The lowest BCUT2D eigenvalue weighted by atomic mass is 9.52. The summed E-state index contributed by atoms with van der Waals surface area (Å²) in [7, 11) is 0. The van der Waals surface area contributed by atoms with Crippen molar-refractivity contribution in [3.8, 4) is 0 Å². The van der Waals surface area contributed by atoms with Crippen molar-refractivity contribution in [3.63, 3.8) is 0 Å². The predicted molar refractivity (Wildman–Crippen MR) is 62.0 cm³/mol. The summed E-state index contributed by atoms with van der Waals surface area (Å²) in [5.41, 5.74) is 3.00. The summed E-state index contributed by atoms with van der Waals surface area (Å²) in [6.07, 6.45) is 10.1. The molecule has 2 heterocycles. The molecule has 0 amide bonds. The summed E-state index contributed by atoms with van der Waals surface area (Å²) in [6.45, 7) is 1.12. The molecular weight excluding hydrogens is 198 g/mol. The highest BCUT2D eigenvalue weighted by atomic mass is 15.1. The Hall–Kier alpha value is -0.830. The summed E-state index contributed by atoms with van der Waals surface area (Å²) >= 11 is 0. The van der Waals surface area contributed by atoms with Crippen LogP contribution in [0.1, 0.15) is 43.5 Å². The smallest absolute Gasteiger partial charge is 0.0926 e. The number of aromatic amines is 1. The average molecular weight is 217 g/mol.